The summed E-state index contributed by atoms with van der Waals surface area (Å²) in [6.07, 6.45) is 3.09. The Bertz CT molecular complexity index is 331. The lowest BCUT2D eigenvalue weighted by atomic mass is 9.80. The Morgan fingerprint density at radius 2 is 2.15 bits per heavy atom. The van der Waals surface area contributed by atoms with Crippen molar-refractivity contribution in [2.75, 3.05) is 0 Å². The summed E-state index contributed by atoms with van der Waals surface area (Å²) in [6.45, 7) is 2.12. The van der Waals surface area contributed by atoms with Gasteiger partial charge in [0, 0.05) is 10.6 Å². The second-order valence-corrected chi connectivity index (χ2v) is 4.68. The molecule has 0 amide bonds. The molecule has 0 spiro atoms. The molecule has 1 nitrogen and oxygen atoms in total. The SMILES string of the molecule is CC1(N)CCc2cc(Cl)ccc2C1. The van der Waals surface area contributed by atoms with E-state index in [9.17, 15) is 0 Å². The van der Waals surface area contributed by atoms with Gasteiger partial charge >= 0.3 is 0 Å². The number of hydrogen-bond donors (Lipinski definition) is 1. The quantitative estimate of drug-likeness (QED) is 0.677. The van der Waals surface area contributed by atoms with E-state index in [4.69, 9.17) is 17.3 Å². The molecule has 0 bridgehead atoms. The molecule has 0 radical (unpaired) electrons. The summed E-state index contributed by atoms with van der Waals surface area (Å²) in [4.78, 5) is 0. The summed E-state index contributed by atoms with van der Waals surface area (Å²) in [5, 5.41) is 0.833. The van der Waals surface area contributed by atoms with Crippen molar-refractivity contribution in [3.8, 4) is 0 Å². The van der Waals surface area contributed by atoms with Gasteiger partial charge in [-0.3, -0.25) is 0 Å². The Hall–Kier alpha value is -0.530. The van der Waals surface area contributed by atoms with Crippen LogP contribution >= 0.6 is 11.6 Å². The number of benzene rings is 1. The van der Waals surface area contributed by atoms with Crippen molar-refractivity contribution in [1.29, 1.82) is 0 Å². The van der Waals surface area contributed by atoms with Crippen LogP contribution in [-0.4, -0.2) is 5.54 Å². The van der Waals surface area contributed by atoms with Crippen LogP contribution in [0.25, 0.3) is 0 Å². The zero-order chi connectivity index (χ0) is 9.47. The Morgan fingerprint density at radius 3 is 2.92 bits per heavy atom. The lowest BCUT2D eigenvalue weighted by molar-refractivity contribution is 0.409. The molecule has 1 aliphatic carbocycles. The number of fused-ring (bicyclic) bond motifs is 1. The minimum atomic E-state index is -0.0270. The van der Waals surface area contributed by atoms with Crippen molar-refractivity contribution in [3.63, 3.8) is 0 Å². The molecule has 1 atom stereocenters. The van der Waals surface area contributed by atoms with Gasteiger partial charge < -0.3 is 5.73 Å². The van der Waals surface area contributed by atoms with Gasteiger partial charge in [-0.1, -0.05) is 17.7 Å². The molecule has 1 aromatic carbocycles. The normalized spacial score (nSPS) is 27.0. The predicted octanol–water partition coefficient (Wildman–Crippen LogP) is 2.55. The molecule has 70 valence electrons. The third-order valence-electron chi connectivity index (χ3n) is 2.73. The van der Waals surface area contributed by atoms with Crippen molar-refractivity contribution in [3.05, 3.63) is 34.3 Å². The lowest BCUT2D eigenvalue weighted by Gasteiger charge is -2.31. The fourth-order valence-electron chi connectivity index (χ4n) is 1.94. The van der Waals surface area contributed by atoms with E-state index in [1.54, 1.807) is 0 Å². The molecular formula is C11H14ClN. The Kier molecular flexibility index (Phi) is 2.09. The van der Waals surface area contributed by atoms with Crippen LogP contribution in [0.5, 0.6) is 0 Å². The monoisotopic (exact) mass is 195 g/mol. The van der Waals surface area contributed by atoms with Gasteiger partial charge in [0.1, 0.15) is 0 Å². The van der Waals surface area contributed by atoms with Gasteiger partial charge in [0.25, 0.3) is 0 Å². The fraction of sp³-hybridized carbons (Fsp3) is 0.455. The maximum atomic E-state index is 6.10. The highest BCUT2D eigenvalue weighted by molar-refractivity contribution is 6.30. The van der Waals surface area contributed by atoms with Crippen LogP contribution in [-0.2, 0) is 12.8 Å². The number of hydrogen-bond acceptors (Lipinski definition) is 1. The number of aryl methyl sites for hydroxylation is 1. The van der Waals surface area contributed by atoms with E-state index < -0.39 is 0 Å². The van der Waals surface area contributed by atoms with Crippen LogP contribution in [0.3, 0.4) is 0 Å². The van der Waals surface area contributed by atoms with Gasteiger partial charge in [-0.05, 0) is 49.4 Å². The summed E-state index contributed by atoms with van der Waals surface area (Å²) in [5.74, 6) is 0. The second kappa shape index (κ2) is 3.00. The minimum Gasteiger partial charge on any atom is -0.325 e. The Morgan fingerprint density at radius 1 is 1.38 bits per heavy atom. The molecule has 2 heteroatoms. The molecule has 0 saturated heterocycles. The van der Waals surface area contributed by atoms with E-state index in [0.717, 1.165) is 24.3 Å². The van der Waals surface area contributed by atoms with E-state index in [2.05, 4.69) is 19.1 Å². The van der Waals surface area contributed by atoms with E-state index in [1.807, 2.05) is 6.07 Å². The molecule has 0 aromatic heterocycles. The zero-order valence-electron chi connectivity index (χ0n) is 7.81. The van der Waals surface area contributed by atoms with Gasteiger partial charge in [0.2, 0.25) is 0 Å². The van der Waals surface area contributed by atoms with Crippen molar-refractivity contribution < 1.29 is 0 Å². The van der Waals surface area contributed by atoms with E-state index in [0.29, 0.717) is 0 Å². The van der Waals surface area contributed by atoms with Crippen molar-refractivity contribution in [1.82, 2.24) is 0 Å². The molecule has 0 fully saturated rings. The molecule has 1 aliphatic rings. The van der Waals surface area contributed by atoms with Crippen molar-refractivity contribution >= 4 is 11.6 Å². The van der Waals surface area contributed by atoms with Crippen LogP contribution in [0.2, 0.25) is 5.02 Å². The minimum absolute atomic E-state index is 0.0270. The summed E-state index contributed by atoms with van der Waals surface area (Å²) in [6, 6.07) is 6.11. The topological polar surface area (TPSA) is 26.0 Å². The first-order valence-corrected chi connectivity index (χ1v) is 5.01. The van der Waals surface area contributed by atoms with Crippen LogP contribution in [0.15, 0.2) is 18.2 Å². The second-order valence-electron chi connectivity index (χ2n) is 4.24. The van der Waals surface area contributed by atoms with E-state index in [-0.39, 0.29) is 5.54 Å². The standard InChI is InChI=1S/C11H14ClN/c1-11(13)5-4-8-6-10(12)3-2-9(8)7-11/h2-3,6H,4-5,7,13H2,1H3. The zero-order valence-corrected chi connectivity index (χ0v) is 8.56. The van der Waals surface area contributed by atoms with Gasteiger partial charge in [0.05, 0.1) is 0 Å². The largest absolute Gasteiger partial charge is 0.325 e. The average molecular weight is 196 g/mol. The van der Waals surface area contributed by atoms with Crippen molar-refractivity contribution in [2.24, 2.45) is 5.73 Å². The number of halogens is 1. The molecule has 13 heavy (non-hydrogen) atoms. The summed E-state index contributed by atoms with van der Waals surface area (Å²) in [7, 11) is 0. The number of rotatable bonds is 0. The first-order valence-electron chi connectivity index (χ1n) is 4.63. The molecule has 2 N–H and O–H groups in total. The fourth-order valence-corrected chi connectivity index (χ4v) is 2.14. The molecule has 0 heterocycles. The van der Waals surface area contributed by atoms with Crippen LogP contribution < -0.4 is 5.73 Å². The third-order valence-corrected chi connectivity index (χ3v) is 2.96. The van der Waals surface area contributed by atoms with Crippen LogP contribution in [0.4, 0.5) is 0 Å². The Labute approximate surface area is 83.9 Å². The third kappa shape index (κ3) is 1.87. The van der Waals surface area contributed by atoms with Gasteiger partial charge in [-0.15, -0.1) is 0 Å². The maximum absolute atomic E-state index is 6.10. The first-order chi connectivity index (χ1) is 6.07. The summed E-state index contributed by atoms with van der Waals surface area (Å²) < 4.78 is 0. The molecule has 1 unspecified atom stereocenters. The first kappa shape index (κ1) is 9.04. The lowest BCUT2D eigenvalue weighted by Crippen LogP contribution is -2.41. The molecule has 0 aliphatic heterocycles. The Balaban J connectivity index is 2.37. The number of nitrogens with two attached hydrogens (primary N) is 1. The van der Waals surface area contributed by atoms with Gasteiger partial charge in [0.15, 0.2) is 0 Å². The average Bonchev–Trinajstić information content (AvgIpc) is 2.05. The van der Waals surface area contributed by atoms with Crippen LogP contribution in [0, 0.1) is 0 Å². The maximum Gasteiger partial charge on any atom is 0.0408 e. The van der Waals surface area contributed by atoms with Gasteiger partial charge in [-0.2, -0.15) is 0 Å². The highest BCUT2D eigenvalue weighted by atomic mass is 35.5. The summed E-state index contributed by atoms with van der Waals surface area (Å²) in [5.41, 5.74) is 8.80. The molecule has 1 aromatic rings. The van der Waals surface area contributed by atoms with E-state index >= 15 is 0 Å². The van der Waals surface area contributed by atoms with Gasteiger partial charge in [-0.25, -0.2) is 0 Å². The highest BCUT2D eigenvalue weighted by Crippen LogP contribution is 2.28. The van der Waals surface area contributed by atoms with Crippen molar-refractivity contribution in [2.45, 2.75) is 31.7 Å². The van der Waals surface area contributed by atoms with E-state index in [1.165, 1.54) is 11.1 Å². The van der Waals surface area contributed by atoms with Crippen LogP contribution in [0.1, 0.15) is 24.5 Å². The molecule has 0 saturated carbocycles. The molecular weight excluding hydrogens is 182 g/mol. The summed E-state index contributed by atoms with van der Waals surface area (Å²) >= 11 is 5.92. The predicted molar refractivity (Wildman–Crippen MR) is 56.1 cm³/mol. The molecule has 2 rings (SSSR count). The smallest absolute Gasteiger partial charge is 0.0408 e. The highest BCUT2D eigenvalue weighted by Gasteiger charge is 2.25.